The van der Waals surface area contributed by atoms with Gasteiger partial charge in [-0.25, -0.2) is 0 Å². The lowest BCUT2D eigenvalue weighted by molar-refractivity contribution is -0.125. The molecule has 2 atom stereocenters. The van der Waals surface area contributed by atoms with E-state index in [-0.39, 0.29) is 17.7 Å². The van der Waals surface area contributed by atoms with Gasteiger partial charge in [0.25, 0.3) is 5.91 Å². The monoisotopic (exact) mass is 440 g/mol. The lowest BCUT2D eigenvalue weighted by atomic mass is 9.87. The van der Waals surface area contributed by atoms with Gasteiger partial charge in [0, 0.05) is 50.4 Å². The molecule has 1 heterocycles. The fraction of sp³-hybridized carbons (Fsp3) is 0.440. The first kappa shape index (κ1) is 23.6. The normalized spacial score (nSPS) is 17.8. The lowest BCUT2D eigenvalue weighted by Crippen LogP contribution is -2.36. The maximum absolute atomic E-state index is 13.3. The Hall–Kier alpha value is -3.06. The summed E-state index contributed by atoms with van der Waals surface area (Å²) in [6.45, 7) is 3.79. The van der Waals surface area contributed by atoms with Crippen molar-refractivity contribution < 1.29 is 23.8 Å². The number of rotatable bonds is 9. The molecule has 0 aliphatic carbocycles. The van der Waals surface area contributed by atoms with Gasteiger partial charge in [0.15, 0.2) is 0 Å². The number of benzene rings is 2. The van der Waals surface area contributed by atoms with Crippen LogP contribution in [0.25, 0.3) is 0 Å². The minimum atomic E-state index is -0.397. The molecular weight excluding hydrogens is 408 g/mol. The van der Waals surface area contributed by atoms with Gasteiger partial charge >= 0.3 is 0 Å². The first-order valence-corrected chi connectivity index (χ1v) is 10.8. The smallest absolute Gasteiger partial charge is 0.254 e. The molecule has 0 bridgehead atoms. The van der Waals surface area contributed by atoms with Crippen LogP contribution in [0.15, 0.2) is 42.5 Å². The van der Waals surface area contributed by atoms with Crippen LogP contribution in [0, 0.1) is 12.8 Å². The second kappa shape index (κ2) is 11.0. The molecule has 7 heteroatoms. The molecule has 0 spiro atoms. The summed E-state index contributed by atoms with van der Waals surface area (Å²) >= 11 is 0. The first-order valence-electron chi connectivity index (χ1n) is 10.8. The van der Waals surface area contributed by atoms with Crippen LogP contribution >= 0.6 is 0 Å². The van der Waals surface area contributed by atoms with Crippen molar-refractivity contribution in [3.63, 3.8) is 0 Å². The largest absolute Gasteiger partial charge is 0.497 e. The SMILES string of the molecule is COCCCNC(=O)C1CN(C(=O)c2ccccc2C)CC1c1cc(OC)ccc1OC. The van der Waals surface area contributed by atoms with Gasteiger partial charge in [-0.2, -0.15) is 0 Å². The summed E-state index contributed by atoms with van der Waals surface area (Å²) in [7, 11) is 4.85. The zero-order chi connectivity index (χ0) is 23.1. The van der Waals surface area contributed by atoms with Crippen molar-refractivity contribution in [1.82, 2.24) is 10.2 Å². The minimum absolute atomic E-state index is 0.0651. The Bertz CT molecular complexity index is 946. The van der Waals surface area contributed by atoms with Gasteiger partial charge in [0.1, 0.15) is 11.5 Å². The quantitative estimate of drug-likeness (QED) is 0.607. The van der Waals surface area contributed by atoms with E-state index in [0.29, 0.717) is 43.3 Å². The number of ether oxygens (including phenoxy) is 3. The predicted molar refractivity (Wildman–Crippen MR) is 122 cm³/mol. The van der Waals surface area contributed by atoms with Crippen molar-refractivity contribution in [3.05, 3.63) is 59.2 Å². The molecule has 3 rings (SSSR count). The summed E-state index contributed by atoms with van der Waals surface area (Å²) < 4.78 is 16.1. The summed E-state index contributed by atoms with van der Waals surface area (Å²) in [5.74, 6) is 0.615. The van der Waals surface area contributed by atoms with Gasteiger partial charge in [0.05, 0.1) is 20.1 Å². The number of amides is 2. The first-order chi connectivity index (χ1) is 15.5. The summed E-state index contributed by atoms with van der Waals surface area (Å²) in [5, 5.41) is 3.01. The molecule has 0 aromatic heterocycles. The molecule has 2 amide bonds. The van der Waals surface area contributed by atoms with Crippen LogP contribution in [0.2, 0.25) is 0 Å². The molecule has 0 radical (unpaired) electrons. The van der Waals surface area contributed by atoms with E-state index in [2.05, 4.69) is 5.32 Å². The Kier molecular flexibility index (Phi) is 8.11. The van der Waals surface area contributed by atoms with E-state index in [1.165, 1.54) is 0 Å². The molecule has 2 unspecified atom stereocenters. The molecule has 0 saturated carbocycles. The van der Waals surface area contributed by atoms with Crippen LogP contribution in [0.4, 0.5) is 0 Å². The van der Waals surface area contributed by atoms with E-state index in [9.17, 15) is 9.59 Å². The number of nitrogens with one attached hydrogen (secondary N) is 1. The minimum Gasteiger partial charge on any atom is -0.497 e. The highest BCUT2D eigenvalue weighted by Crippen LogP contribution is 2.40. The highest BCUT2D eigenvalue weighted by molar-refractivity contribution is 5.96. The molecule has 32 heavy (non-hydrogen) atoms. The fourth-order valence-electron chi connectivity index (χ4n) is 4.22. The standard InChI is InChI=1S/C25H32N2O5/c1-17-8-5-6-9-19(17)25(29)27-15-21(20-14-18(31-3)10-11-23(20)32-4)22(16-27)24(28)26-12-7-13-30-2/h5-6,8-11,14,21-22H,7,12-13,15-16H2,1-4H3,(H,26,28). The number of nitrogens with zero attached hydrogens (tertiary/aromatic N) is 1. The molecule has 1 aliphatic heterocycles. The summed E-state index contributed by atoms with van der Waals surface area (Å²) in [4.78, 5) is 28.2. The van der Waals surface area contributed by atoms with Gasteiger partial charge in [0.2, 0.25) is 5.91 Å². The number of carbonyl (C=O) groups excluding carboxylic acids is 2. The van der Waals surface area contributed by atoms with Crippen LogP contribution in [-0.4, -0.2) is 64.3 Å². The van der Waals surface area contributed by atoms with Crippen molar-refractivity contribution in [2.45, 2.75) is 19.3 Å². The van der Waals surface area contributed by atoms with Crippen molar-refractivity contribution in [1.29, 1.82) is 0 Å². The van der Waals surface area contributed by atoms with E-state index < -0.39 is 5.92 Å². The maximum atomic E-state index is 13.3. The molecule has 1 fully saturated rings. The topological polar surface area (TPSA) is 77.1 Å². The van der Waals surface area contributed by atoms with E-state index in [0.717, 1.165) is 17.5 Å². The Balaban J connectivity index is 1.90. The molecular formula is C25H32N2O5. The number of carbonyl (C=O) groups is 2. The van der Waals surface area contributed by atoms with Gasteiger partial charge in [-0.15, -0.1) is 0 Å². The predicted octanol–water partition coefficient (Wildman–Crippen LogP) is 3.02. The van der Waals surface area contributed by atoms with Crippen LogP contribution in [0.3, 0.4) is 0 Å². The van der Waals surface area contributed by atoms with Crippen LogP contribution in [0.5, 0.6) is 11.5 Å². The molecule has 172 valence electrons. The van der Waals surface area contributed by atoms with Gasteiger partial charge in [-0.05, 0) is 43.2 Å². The third-order valence-electron chi connectivity index (χ3n) is 5.98. The Morgan fingerprint density at radius 3 is 2.53 bits per heavy atom. The fourth-order valence-corrected chi connectivity index (χ4v) is 4.22. The van der Waals surface area contributed by atoms with E-state index in [4.69, 9.17) is 14.2 Å². The third kappa shape index (κ3) is 5.22. The highest BCUT2D eigenvalue weighted by atomic mass is 16.5. The van der Waals surface area contributed by atoms with Gasteiger partial charge in [-0.3, -0.25) is 9.59 Å². The highest BCUT2D eigenvalue weighted by Gasteiger charge is 2.42. The average molecular weight is 441 g/mol. The molecule has 1 saturated heterocycles. The molecule has 2 aromatic carbocycles. The third-order valence-corrected chi connectivity index (χ3v) is 5.98. The number of hydrogen-bond donors (Lipinski definition) is 1. The number of aryl methyl sites for hydroxylation is 1. The van der Waals surface area contributed by atoms with Crippen molar-refractivity contribution in [2.75, 3.05) is 47.6 Å². The molecule has 7 nitrogen and oxygen atoms in total. The number of methoxy groups -OCH3 is 3. The van der Waals surface area contributed by atoms with Crippen molar-refractivity contribution in [2.24, 2.45) is 5.92 Å². The van der Waals surface area contributed by atoms with Crippen LogP contribution in [-0.2, 0) is 9.53 Å². The number of likely N-dealkylation sites (tertiary alicyclic amines) is 1. The zero-order valence-electron chi connectivity index (χ0n) is 19.2. The summed E-state index contributed by atoms with van der Waals surface area (Å²) in [6, 6.07) is 13.1. The Morgan fingerprint density at radius 2 is 1.84 bits per heavy atom. The van der Waals surface area contributed by atoms with Gasteiger partial charge < -0.3 is 24.4 Å². The Morgan fingerprint density at radius 1 is 1.06 bits per heavy atom. The number of hydrogen-bond acceptors (Lipinski definition) is 5. The second-order valence-electron chi connectivity index (χ2n) is 7.98. The molecule has 1 N–H and O–H groups in total. The van der Waals surface area contributed by atoms with Crippen LogP contribution < -0.4 is 14.8 Å². The van der Waals surface area contributed by atoms with Crippen molar-refractivity contribution >= 4 is 11.8 Å². The zero-order valence-corrected chi connectivity index (χ0v) is 19.2. The lowest BCUT2D eigenvalue weighted by Gasteiger charge is -2.21. The maximum Gasteiger partial charge on any atom is 0.254 e. The van der Waals surface area contributed by atoms with Crippen molar-refractivity contribution in [3.8, 4) is 11.5 Å². The van der Waals surface area contributed by atoms with Gasteiger partial charge in [-0.1, -0.05) is 18.2 Å². The Labute approximate surface area is 189 Å². The van der Waals surface area contributed by atoms with E-state index in [1.54, 1.807) is 26.2 Å². The average Bonchev–Trinajstić information content (AvgIpc) is 3.26. The van der Waals surface area contributed by atoms with E-state index in [1.807, 2.05) is 49.4 Å². The van der Waals surface area contributed by atoms with E-state index >= 15 is 0 Å². The summed E-state index contributed by atoms with van der Waals surface area (Å²) in [6.07, 6.45) is 0.730. The molecule has 1 aliphatic rings. The second-order valence-corrected chi connectivity index (χ2v) is 7.98. The summed E-state index contributed by atoms with van der Waals surface area (Å²) in [5.41, 5.74) is 2.44. The molecule has 2 aromatic rings. The van der Waals surface area contributed by atoms with Crippen LogP contribution in [0.1, 0.15) is 33.8 Å².